The van der Waals surface area contributed by atoms with Crippen molar-refractivity contribution < 1.29 is 9.84 Å². The molecular formula is C16H27NO2. The number of benzene rings is 1. The predicted molar refractivity (Wildman–Crippen MR) is 81.2 cm³/mol. The number of methoxy groups -OCH3 is 1. The van der Waals surface area contributed by atoms with Gasteiger partial charge < -0.3 is 14.7 Å². The Hall–Kier alpha value is -1.22. The van der Waals surface area contributed by atoms with Gasteiger partial charge in [-0.2, -0.15) is 0 Å². The first-order valence-electron chi connectivity index (χ1n) is 7.03. The minimum atomic E-state index is 0.229. The quantitative estimate of drug-likeness (QED) is 0.821. The Morgan fingerprint density at radius 3 is 2.47 bits per heavy atom. The summed E-state index contributed by atoms with van der Waals surface area (Å²) >= 11 is 0. The van der Waals surface area contributed by atoms with Crippen LogP contribution in [0.4, 0.5) is 5.69 Å². The van der Waals surface area contributed by atoms with Crippen molar-refractivity contribution in [1.82, 2.24) is 0 Å². The van der Waals surface area contributed by atoms with Crippen LogP contribution in [0.15, 0.2) is 18.2 Å². The summed E-state index contributed by atoms with van der Waals surface area (Å²) in [5.41, 5.74) is 2.36. The largest absolute Gasteiger partial charge is 0.495 e. The summed E-state index contributed by atoms with van der Waals surface area (Å²) in [5.74, 6) is 1.70. The predicted octanol–water partition coefficient (Wildman–Crippen LogP) is 3.27. The Morgan fingerprint density at radius 1 is 1.32 bits per heavy atom. The fourth-order valence-corrected chi connectivity index (χ4v) is 2.17. The molecule has 1 aromatic carbocycles. The highest BCUT2D eigenvalue weighted by Gasteiger charge is 2.14. The number of nitrogens with zero attached hydrogens (tertiary/aromatic N) is 1. The summed E-state index contributed by atoms with van der Waals surface area (Å²) in [7, 11) is 3.76. The number of aliphatic hydroxyl groups is 1. The van der Waals surface area contributed by atoms with Gasteiger partial charge in [0.05, 0.1) is 12.8 Å². The summed E-state index contributed by atoms with van der Waals surface area (Å²) in [6.45, 7) is 7.53. The third kappa shape index (κ3) is 4.13. The number of anilines is 1. The minimum Gasteiger partial charge on any atom is -0.495 e. The van der Waals surface area contributed by atoms with E-state index in [9.17, 15) is 5.11 Å². The van der Waals surface area contributed by atoms with E-state index in [-0.39, 0.29) is 6.61 Å². The maximum atomic E-state index is 9.31. The minimum absolute atomic E-state index is 0.229. The second-order valence-electron chi connectivity index (χ2n) is 5.42. The molecule has 0 aliphatic rings. The number of hydrogen-bond donors (Lipinski definition) is 1. The number of ether oxygens (including phenoxy) is 1. The third-order valence-electron chi connectivity index (χ3n) is 3.65. The molecule has 0 aliphatic carbocycles. The van der Waals surface area contributed by atoms with Crippen molar-refractivity contribution in [2.75, 3.05) is 32.2 Å². The molecule has 3 heteroatoms. The van der Waals surface area contributed by atoms with E-state index in [1.165, 1.54) is 5.56 Å². The van der Waals surface area contributed by atoms with Crippen LogP contribution in [0.1, 0.15) is 38.7 Å². The lowest BCUT2D eigenvalue weighted by Gasteiger charge is -2.26. The average Bonchev–Trinajstić information content (AvgIpc) is 2.43. The molecule has 1 atom stereocenters. The summed E-state index contributed by atoms with van der Waals surface area (Å²) in [6, 6.07) is 6.37. The molecule has 1 aromatic rings. The van der Waals surface area contributed by atoms with E-state index >= 15 is 0 Å². The molecule has 0 saturated carbocycles. The Kier molecular flexibility index (Phi) is 6.16. The van der Waals surface area contributed by atoms with Gasteiger partial charge in [-0.15, -0.1) is 0 Å². The smallest absolute Gasteiger partial charge is 0.142 e. The van der Waals surface area contributed by atoms with Crippen LogP contribution in [0.2, 0.25) is 0 Å². The lowest BCUT2D eigenvalue weighted by atomic mass is 10.0. The van der Waals surface area contributed by atoms with Gasteiger partial charge in [-0.1, -0.05) is 26.8 Å². The van der Waals surface area contributed by atoms with Gasteiger partial charge in [-0.3, -0.25) is 0 Å². The molecule has 0 fully saturated rings. The second-order valence-corrected chi connectivity index (χ2v) is 5.42. The first kappa shape index (κ1) is 15.8. The van der Waals surface area contributed by atoms with E-state index in [0.29, 0.717) is 11.8 Å². The molecule has 0 heterocycles. The van der Waals surface area contributed by atoms with Gasteiger partial charge in [0.15, 0.2) is 0 Å². The van der Waals surface area contributed by atoms with Crippen LogP contribution in [0.25, 0.3) is 0 Å². The maximum absolute atomic E-state index is 9.31. The monoisotopic (exact) mass is 265 g/mol. The van der Waals surface area contributed by atoms with Crippen molar-refractivity contribution in [2.24, 2.45) is 5.92 Å². The van der Waals surface area contributed by atoms with Crippen LogP contribution in [-0.2, 0) is 0 Å². The molecule has 0 spiro atoms. The number of rotatable bonds is 7. The van der Waals surface area contributed by atoms with Crippen molar-refractivity contribution in [3.63, 3.8) is 0 Å². The van der Waals surface area contributed by atoms with Crippen molar-refractivity contribution in [3.05, 3.63) is 23.8 Å². The average molecular weight is 265 g/mol. The molecule has 0 saturated heterocycles. The highest BCUT2D eigenvalue weighted by atomic mass is 16.5. The molecule has 0 aromatic heterocycles. The molecule has 0 radical (unpaired) electrons. The Balaban J connectivity index is 2.93. The summed E-state index contributed by atoms with van der Waals surface area (Å²) in [6.07, 6.45) is 0.979. The van der Waals surface area contributed by atoms with Gasteiger partial charge in [0.2, 0.25) is 0 Å². The van der Waals surface area contributed by atoms with Gasteiger partial charge in [0.25, 0.3) is 0 Å². The molecule has 0 bridgehead atoms. The van der Waals surface area contributed by atoms with Crippen molar-refractivity contribution in [3.8, 4) is 5.75 Å². The molecule has 1 rings (SSSR count). The van der Waals surface area contributed by atoms with Crippen LogP contribution in [0.5, 0.6) is 5.75 Å². The first-order valence-corrected chi connectivity index (χ1v) is 7.03. The zero-order valence-corrected chi connectivity index (χ0v) is 12.8. The second kappa shape index (κ2) is 7.39. The molecule has 19 heavy (non-hydrogen) atoms. The molecule has 3 nitrogen and oxygen atoms in total. The van der Waals surface area contributed by atoms with E-state index in [0.717, 1.165) is 24.4 Å². The van der Waals surface area contributed by atoms with Crippen LogP contribution >= 0.6 is 0 Å². The molecule has 0 amide bonds. The summed E-state index contributed by atoms with van der Waals surface area (Å²) in [5, 5.41) is 9.31. The molecule has 108 valence electrons. The first-order chi connectivity index (χ1) is 9.03. The van der Waals surface area contributed by atoms with Gasteiger partial charge in [-0.25, -0.2) is 0 Å². The summed E-state index contributed by atoms with van der Waals surface area (Å²) in [4.78, 5) is 2.16. The van der Waals surface area contributed by atoms with E-state index in [4.69, 9.17) is 4.74 Å². The van der Waals surface area contributed by atoms with Crippen molar-refractivity contribution >= 4 is 5.69 Å². The molecule has 1 N–H and O–H groups in total. The zero-order chi connectivity index (χ0) is 14.4. The molecule has 1 unspecified atom stereocenters. The Labute approximate surface area is 117 Å². The highest BCUT2D eigenvalue weighted by Crippen LogP contribution is 2.31. The third-order valence-corrected chi connectivity index (χ3v) is 3.65. The van der Waals surface area contributed by atoms with Crippen LogP contribution in [0, 0.1) is 5.92 Å². The topological polar surface area (TPSA) is 32.7 Å². The lowest BCUT2D eigenvalue weighted by Crippen LogP contribution is -2.27. The Bertz CT molecular complexity index is 386. The van der Waals surface area contributed by atoms with Crippen LogP contribution in [0.3, 0.4) is 0 Å². The van der Waals surface area contributed by atoms with Crippen molar-refractivity contribution in [2.45, 2.75) is 33.1 Å². The van der Waals surface area contributed by atoms with E-state index in [1.54, 1.807) is 7.11 Å². The van der Waals surface area contributed by atoms with Gasteiger partial charge in [0.1, 0.15) is 5.75 Å². The van der Waals surface area contributed by atoms with Gasteiger partial charge in [0, 0.05) is 20.2 Å². The molecule has 0 aliphatic heterocycles. The van der Waals surface area contributed by atoms with E-state index in [2.05, 4.69) is 43.9 Å². The fourth-order valence-electron chi connectivity index (χ4n) is 2.17. The van der Waals surface area contributed by atoms with Gasteiger partial charge >= 0.3 is 0 Å². The Morgan fingerprint density at radius 2 is 2.00 bits per heavy atom. The van der Waals surface area contributed by atoms with E-state index in [1.807, 2.05) is 7.05 Å². The number of hydrogen-bond acceptors (Lipinski definition) is 3. The highest BCUT2D eigenvalue weighted by molar-refractivity contribution is 5.59. The maximum Gasteiger partial charge on any atom is 0.142 e. The molecular weight excluding hydrogens is 238 g/mol. The lowest BCUT2D eigenvalue weighted by molar-refractivity contribution is 0.225. The summed E-state index contributed by atoms with van der Waals surface area (Å²) < 4.78 is 5.50. The zero-order valence-electron chi connectivity index (χ0n) is 12.8. The van der Waals surface area contributed by atoms with E-state index < -0.39 is 0 Å². The van der Waals surface area contributed by atoms with Gasteiger partial charge in [-0.05, 0) is 36.0 Å². The standard InChI is InChI=1S/C16H27NO2/c1-6-13(11-18)10-17(4)15-8-7-14(12(2)3)9-16(15)19-5/h7-9,12-13,18H,6,10-11H2,1-5H3. The normalized spacial score (nSPS) is 12.6. The SMILES string of the molecule is CCC(CO)CN(C)c1ccc(C(C)C)cc1OC. The fraction of sp³-hybridized carbons (Fsp3) is 0.625. The number of aliphatic hydroxyl groups excluding tert-OH is 1. The van der Waals surface area contributed by atoms with Crippen LogP contribution in [-0.4, -0.2) is 32.4 Å². The van der Waals surface area contributed by atoms with Crippen molar-refractivity contribution in [1.29, 1.82) is 0 Å². The van der Waals surface area contributed by atoms with Crippen LogP contribution < -0.4 is 9.64 Å².